The SMILES string of the molecule is O=C(N[C@@H](C(=O)O)c1ccccc1-c1ccccc1)OCC1c2ccccc2-c2ccccc21. The first-order valence-electron chi connectivity index (χ1n) is 11.1. The van der Waals surface area contributed by atoms with E-state index in [-0.39, 0.29) is 12.5 Å². The molecule has 0 fully saturated rings. The maximum absolute atomic E-state index is 12.8. The fourth-order valence-electron chi connectivity index (χ4n) is 4.66. The fourth-order valence-corrected chi connectivity index (χ4v) is 4.66. The first kappa shape index (κ1) is 21.5. The van der Waals surface area contributed by atoms with E-state index >= 15 is 0 Å². The molecule has 0 spiro atoms. The average molecular weight is 450 g/mol. The Bertz CT molecular complexity index is 1300. The molecule has 0 bridgehead atoms. The van der Waals surface area contributed by atoms with Crippen LogP contribution >= 0.6 is 0 Å². The van der Waals surface area contributed by atoms with E-state index in [1.807, 2.05) is 78.9 Å². The van der Waals surface area contributed by atoms with E-state index in [9.17, 15) is 14.7 Å². The number of carboxylic acid groups (broad SMARTS) is 1. The molecule has 0 radical (unpaired) electrons. The number of carbonyl (C=O) groups excluding carboxylic acids is 1. The van der Waals surface area contributed by atoms with Crippen molar-refractivity contribution in [1.29, 1.82) is 0 Å². The van der Waals surface area contributed by atoms with Crippen LogP contribution in [0.4, 0.5) is 4.79 Å². The number of carbonyl (C=O) groups is 2. The Labute approximate surface area is 197 Å². The van der Waals surface area contributed by atoms with E-state index in [1.165, 1.54) is 0 Å². The highest BCUT2D eigenvalue weighted by atomic mass is 16.5. The smallest absolute Gasteiger partial charge is 0.408 e. The maximum Gasteiger partial charge on any atom is 0.408 e. The lowest BCUT2D eigenvalue weighted by Crippen LogP contribution is -2.35. The van der Waals surface area contributed by atoms with Gasteiger partial charge in [-0.3, -0.25) is 0 Å². The van der Waals surface area contributed by atoms with E-state index < -0.39 is 18.1 Å². The number of benzene rings is 4. The molecule has 0 saturated carbocycles. The summed E-state index contributed by atoms with van der Waals surface area (Å²) in [6, 6.07) is 31.6. The summed E-state index contributed by atoms with van der Waals surface area (Å²) in [5.41, 5.74) is 6.57. The number of amides is 1. The lowest BCUT2D eigenvalue weighted by molar-refractivity contribution is -0.139. The second kappa shape index (κ2) is 9.24. The summed E-state index contributed by atoms with van der Waals surface area (Å²) < 4.78 is 5.57. The summed E-state index contributed by atoms with van der Waals surface area (Å²) in [5.74, 6) is -1.25. The number of alkyl carbamates (subject to hydrolysis) is 1. The lowest BCUT2D eigenvalue weighted by atomic mass is 9.95. The van der Waals surface area contributed by atoms with Gasteiger partial charge in [-0.15, -0.1) is 0 Å². The molecule has 5 rings (SSSR count). The van der Waals surface area contributed by atoms with Crippen LogP contribution in [0.5, 0.6) is 0 Å². The first-order valence-corrected chi connectivity index (χ1v) is 11.1. The summed E-state index contributed by atoms with van der Waals surface area (Å²) in [5, 5.41) is 12.5. The van der Waals surface area contributed by atoms with Crippen LogP contribution < -0.4 is 5.32 Å². The van der Waals surface area contributed by atoms with Crippen molar-refractivity contribution in [2.24, 2.45) is 0 Å². The molecular formula is C29H23NO4. The fraction of sp³-hybridized carbons (Fsp3) is 0.103. The summed E-state index contributed by atoms with van der Waals surface area (Å²) >= 11 is 0. The van der Waals surface area contributed by atoms with Gasteiger partial charge in [0.2, 0.25) is 0 Å². The Morgan fingerprint density at radius 1 is 0.735 bits per heavy atom. The molecule has 1 atom stereocenters. The molecule has 34 heavy (non-hydrogen) atoms. The van der Waals surface area contributed by atoms with Crippen LogP contribution in [0.15, 0.2) is 103 Å². The second-order valence-corrected chi connectivity index (χ2v) is 8.19. The van der Waals surface area contributed by atoms with Crippen LogP contribution in [-0.4, -0.2) is 23.8 Å². The zero-order valence-electron chi connectivity index (χ0n) is 18.3. The van der Waals surface area contributed by atoms with Gasteiger partial charge >= 0.3 is 12.1 Å². The van der Waals surface area contributed by atoms with Crippen LogP contribution in [0.2, 0.25) is 0 Å². The molecule has 1 amide bonds. The van der Waals surface area contributed by atoms with Gasteiger partial charge in [-0.2, -0.15) is 0 Å². The minimum absolute atomic E-state index is 0.0990. The number of hydrogen-bond donors (Lipinski definition) is 2. The summed E-state index contributed by atoms with van der Waals surface area (Å²) in [6.07, 6.45) is -0.767. The average Bonchev–Trinajstić information content (AvgIpc) is 3.20. The van der Waals surface area contributed by atoms with Gasteiger partial charge in [-0.05, 0) is 38.9 Å². The molecule has 0 aromatic heterocycles. The highest BCUT2D eigenvalue weighted by molar-refractivity contribution is 5.85. The lowest BCUT2D eigenvalue weighted by Gasteiger charge is -2.20. The number of fused-ring (bicyclic) bond motifs is 3. The minimum Gasteiger partial charge on any atom is -0.479 e. The van der Waals surface area contributed by atoms with Gasteiger partial charge < -0.3 is 15.2 Å². The van der Waals surface area contributed by atoms with Crippen molar-refractivity contribution in [2.75, 3.05) is 6.61 Å². The number of hydrogen-bond acceptors (Lipinski definition) is 3. The molecule has 0 aliphatic heterocycles. The quantitative estimate of drug-likeness (QED) is 0.378. The summed E-state index contributed by atoms with van der Waals surface area (Å²) in [4.78, 5) is 24.9. The first-order chi connectivity index (χ1) is 16.6. The highest BCUT2D eigenvalue weighted by Gasteiger charge is 2.30. The topological polar surface area (TPSA) is 75.6 Å². The number of carboxylic acids is 1. The predicted octanol–water partition coefficient (Wildman–Crippen LogP) is 6.02. The van der Waals surface area contributed by atoms with Crippen LogP contribution in [0, 0.1) is 0 Å². The second-order valence-electron chi connectivity index (χ2n) is 8.19. The molecule has 0 unspecified atom stereocenters. The van der Waals surface area contributed by atoms with E-state index in [0.29, 0.717) is 5.56 Å². The molecule has 4 aromatic carbocycles. The van der Waals surface area contributed by atoms with Crippen LogP contribution in [-0.2, 0) is 9.53 Å². The molecule has 168 valence electrons. The molecule has 0 saturated heterocycles. The third-order valence-electron chi connectivity index (χ3n) is 6.21. The zero-order valence-corrected chi connectivity index (χ0v) is 18.3. The number of ether oxygens (including phenoxy) is 1. The molecule has 4 aromatic rings. The Morgan fingerprint density at radius 2 is 1.26 bits per heavy atom. The molecule has 5 nitrogen and oxygen atoms in total. The van der Waals surface area contributed by atoms with Gasteiger partial charge in [-0.25, -0.2) is 9.59 Å². The van der Waals surface area contributed by atoms with E-state index in [1.54, 1.807) is 12.1 Å². The Morgan fingerprint density at radius 3 is 1.88 bits per heavy atom. The zero-order chi connectivity index (χ0) is 23.5. The van der Waals surface area contributed by atoms with Crippen molar-refractivity contribution < 1.29 is 19.4 Å². The maximum atomic E-state index is 12.8. The largest absolute Gasteiger partial charge is 0.479 e. The van der Waals surface area contributed by atoms with Crippen molar-refractivity contribution in [3.8, 4) is 22.3 Å². The van der Waals surface area contributed by atoms with Crippen LogP contribution in [0.3, 0.4) is 0 Å². The van der Waals surface area contributed by atoms with E-state index in [4.69, 9.17) is 4.74 Å². The van der Waals surface area contributed by atoms with Gasteiger partial charge in [0.25, 0.3) is 0 Å². The number of aliphatic carboxylic acids is 1. The number of rotatable bonds is 6. The Balaban J connectivity index is 1.35. The van der Waals surface area contributed by atoms with Crippen molar-refractivity contribution in [3.63, 3.8) is 0 Å². The number of nitrogens with one attached hydrogen (secondary N) is 1. The predicted molar refractivity (Wildman–Crippen MR) is 130 cm³/mol. The van der Waals surface area contributed by atoms with E-state index in [2.05, 4.69) is 17.4 Å². The van der Waals surface area contributed by atoms with Crippen LogP contribution in [0.1, 0.15) is 28.7 Å². The molecule has 0 heterocycles. The molecular weight excluding hydrogens is 426 g/mol. The van der Waals surface area contributed by atoms with Crippen molar-refractivity contribution in [2.45, 2.75) is 12.0 Å². The third kappa shape index (κ3) is 4.04. The Kier molecular flexibility index (Phi) is 5.83. The molecule has 5 heteroatoms. The normalized spacial score (nSPS) is 12.9. The highest BCUT2D eigenvalue weighted by Crippen LogP contribution is 2.44. The van der Waals surface area contributed by atoms with Gasteiger partial charge in [0, 0.05) is 5.92 Å². The molecule has 2 N–H and O–H groups in total. The van der Waals surface area contributed by atoms with Crippen molar-refractivity contribution in [3.05, 3.63) is 120 Å². The summed E-state index contributed by atoms with van der Waals surface area (Å²) in [6.45, 7) is 0.118. The third-order valence-corrected chi connectivity index (χ3v) is 6.21. The van der Waals surface area contributed by atoms with Gasteiger partial charge in [-0.1, -0.05) is 103 Å². The minimum atomic E-state index is -1.24. The van der Waals surface area contributed by atoms with E-state index in [0.717, 1.165) is 33.4 Å². The monoisotopic (exact) mass is 449 g/mol. The van der Waals surface area contributed by atoms with Gasteiger partial charge in [0.1, 0.15) is 6.61 Å². The standard InChI is InChI=1S/C29H23NO4/c31-28(32)27(25-17-9-4-12-20(25)19-10-2-1-3-11-19)30-29(33)34-18-26-23-15-7-5-13-21(23)22-14-6-8-16-24(22)26/h1-17,26-27H,18H2,(H,30,33)(H,31,32)/t27-/m1/s1. The van der Waals surface area contributed by atoms with Crippen molar-refractivity contribution in [1.82, 2.24) is 5.32 Å². The van der Waals surface area contributed by atoms with Crippen molar-refractivity contribution >= 4 is 12.1 Å². The Hall–Kier alpha value is -4.38. The van der Waals surface area contributed by atoms with Gasteiger partial charge in [0.15, 0.2) is 6.04 Å². The summed E-state index contributed by atoms with van der Waals surface area (Å²) in [7, 11) is 0. The van der Waals surface area contributed by atoms with Crippen LogP contribution in [0.25, 0.3) is 22.3 Å². The van der Waals surface area contributed by atoms with Gasteiger partial charge in [0.05, 0.1) is 0 Å². The molecule has 1 aliphatic rings. The molecule has 1 aliphatic carbocycles.